The van der Waals surface area contributed by atoms with Gasteiger partial charge in [-0.25, -0.2) is 0 Å². The van der Waals surface area contributed by atoms with E-state index in [1.807, 2.05) is 0 Å². The van der Waals surface area contributed by atoms with Crippen molar-refractivity contribution >= 4 is 17.9 Å². The molecule has 0 heterocycles. The van der Waals surface area contributed by atoms with Crippen LogP contribution in [-0.4, -0.2) is 37.2 Å². The van der Waals surface area contributed by atoms with Crippen LogP contribution in [-0.2, 0) is 28.6 Å². The lowest BCUT2D eigenvalue weighted by Gasteiger charge is -2.18. The predicted octanol–water partition coefficient (Wildman–Crippen LogP) is 23.6. The van der Waals surface area contributed by atoms with Crippen molar-refractivity contribution in [2.75, 3.05) is 13.2 Å². The van der Waals surface area contributed by atoms with Crippen molar-refractivity contribution in [3.05, 3.63) is 122 Å². The van der Waals surface area contributed by atoms with Gasteiger partial charge in [-0.2, -0.15) is 0 Å². The van der Waals surface area contributed by atoms with Gasteiger partial charge in [-0.15, -0.1) is 0 Å². The fourth-order valence-corrected chi connectivity index (χ4v) is 9.40. The van der Waals surface area contributed by atoms with Crippen molar-refractivity contribution in [1.82, 2.24) is 0 Å². The molecule has 462 valence electrons. The standard InChI is InChI=1S/C75H126O6/c1-4-7-10-13-16-19-22-25-28-30-31-32-33-34-35-36-37-38-39-40-41-42-43-45-47-50-53-56-59-62-65-68-74(77)80-71-72(70-79-73(76)67-64-61-58-55-52-49-46-27-24-21-18-15-12-9-6-3)81-75(78)69-66-63-60-57-54-51-48-44-29-26-23-20-17-14-11-8-5-2/h7,9-10,12,16-21,25-29,31-32,34-35,46,72H,4-6,8,11,13-15,22-24,30,33,36-45,47-71H2,1-3H3/b10-7-,12-9-,19-16-,20-17-,21-18-,28-25-,29-26-,32-31-,35-34-,46-27-. The molecule has 0 radical (unpaired) electrons. The quantitative estimate of drug-likeness (QED) is 0.0261. The van der Waals surface area contributed by atoms with Gasteiger partial charge in [0.1, 0.15) is 13.2 Å². The van der Waals surface area contributed by atoms with Crippen molar-refractivity contribution in [2.24, 2.45) is 0 Å². The fourth-order valence-electron chi connectivity index (χ4n) is 9.40. The Morgan fingerprint density at radius 2 is 0.481 bits per heavy atom. The molecule has 0 bridgehead atoms. The summed E-state index contributed by atoms with van der Waals surface area (Å²) in [6.07, 6.45) is 95.0. The summed E-state index contributed by atoms with van der Waals surface area (Å²) in [5.41, 5.74) is 0. The zero-order valence-corrected chi connectivity index (χ0v) is 53.0. The number of carbonyl (C=O) groups is 3. The van der Waals surface area contributed by atoms with Crippen LogP contribution in [0.15, 0.2) is 122 Å². The van der Waals surface area contributed by atoms with Crippen LogP contribution in [0.25, 0.3) is 0 Å². The number of hydrogen-bond acceptors (Lipinski definition) is 6. The van der Waals surface area contributed by atoms with Crippen LogP contribution in [0, 0.1) is 0 Å². The van der Waals surface area contributed by atoms with Gasteiger partial charge >= 0.3 is 17.9 Å². The molecule has 0 N–H and O–H groups in total. The second-order valence-corrected chi connectivity index (χ2v) is 22.3. The molecular weight excluding hydrogens is 997 g/mol. The summed E-state index contributed by atoms with van der Waals surface area (Å²) in [5.74, 6) is -0.904. The Morgan fingerprint density at radius 3 is 0.753 bits per heavy atom. The SMILES string of the molecule is CC/C=C\C/C=C\C/C=C\C/C=C\C/C=C\CCCCCCCCCCCCCCCCCC(=O)OCC(COC(=O)CCCCCCC/C=C\C/C=C\C/C=C\CC)OC(=O)CCCCCCCCC/C=C\C/C=C\CCCCC. The summed E-state index contributed by atoms with van der Waals surface area (Å²) in [6, 6.07) is 0. The Hall–Kier alpha value is -4.19. The minimum absolute atomic E-state index is 0.0870. The van der Waals surface area contributed by atoms with Crippen molar-refractivity contribution in [2.45, 2.75) is 322 Å². The van der Waals surface area contributed by atoms with E-state index in [-0.39, 0.29) is 31.1 Å². The van der Waals surface area contributed by atoms with Gasteiger partial charge in [0, 0.05) is 19.3 Å². The minimum Gasteiger partial charge on any atom is -0.462 e. The van der Waals surface area contributed by atoms with Crippen LogP contribution in [0.4, 0.5) is 0 Å². The molecule has 0 aromatic heterocycles. The van der Waals surface area contributed by atoms with Crippen molar-refractivity contribution in [3.63, 3.8) is 0 Å². The Labute approximate surface area is 501 Å². The smallest absolute Gasteiger partial charge is 0.306 e. The van der Waals surface area contributed by atoms with Crippen molar-refractivity contribution in [1.29, 1.82) is 0 Å². The molecule has 0 aliphatic rings. The number of esters is 3. The van der Waals surface area contributed by atoms with Gasteiger partial charge < -0.3 is 14.2 Å². The molecule has 0 spiro atoms. The molecule has 1 atom stereocenters. The van der Waals surface area contributed by atoms with Gasteiger partial charge in [-0.3, -0.25) is 14.4 Å². The number of carbonyl (C=O) groups excluding carboxylic acids is 3. The number of hydrogen-bond donors (Lipinski definition) is 0. The Kier molecular flexibility index (Phi) is 64.8. The van der Waals surface area contributed by atoms with Crippen molar-refractivity contribution < 1.29 is 28.6 Å². The third-order valence-electron chi connectivity index (χ3n) is 14.4. The van der Waals surface area contributed by atoms with E-state index in [0.717, 1.165) is 141 Å². The Bertz CT molecular complexity index is 1670. The number of rotatable bonds is 61. The predicted molar refractivity (Wildman–Crippen MR) is 353 cm³/mol. The van der Waals surface area contributed by atoms with Crippen LogP contribution >= 0.6 is 0 Å². The first kappa shape index (κ1) is 76.8. The highest BCUT2D eigenvalue weighted by molar-refractivity contribution is 5.71. The number of ether oxygens (including phenoxy) is 3. The van der Waals surface area contributed by atoms with Crippen LogP contribution in [0.3, 0.4) is 0 Å². The van der Waals surface area contributed by atoms with Crippen molar-refractivity contribution in [3.8, 4) is 0 Å². The molecule has 0 saturated carbocycles. The van der Waals surface area contributed by atoms with Gasteiger partial charge in [0.25, 0.3) is 0 Å². The van der Waals surface area contributed by atoms with E-state index in [0.29, 0.717) is 19.3 Å². The zero-order chi connectivity index (χ0) is 58.5. The van der Waals surface area contributed by atoms with E-state index >= 15 is 0 Å². The highest BCUT2D eigenvalue weighted by Crippen LogP contribution is 2.16. The van der Waals surface area contributed by atoms with Crippen LogP contribution in [0.1, 0.15) is 316 Å². The lowest BCUT2D eigenvalue weighted by atomic mass is 10.0. The highest BCUT2D eigenvalue weighted by atomic mass is 16.6. The van der Waals surface area contributed by atoms with E-state index in [1.165, 1.54) is 135 Å². The first-order valence-corrected chi connectivity index (χ1v) is 34.0. The maximum absolute atomic E-state index is 12.9. The molecule has 0 aromatic rings. The number of allylic oxidation sites excluding steroid dienone is 20. The summed E-state index contributed by atoms with van der Waals surface area (Å²) < 4.78 is 16.9. The van der Waals surface area contributed by atoms with Crippen LogP contribution in [0.5, 0.6) is 0 Å². The molecule has 0 aromatic carbocycles. The summed E-state index contributed by atoms with van der Waals surface area (Å²) in [7, 11) is 0. The van der Waals surface area contributed by atoms with E-state index in [2.05, 4.69) is 142 Å². The second-order valence-electron chi connectivity index (χ2n) is 22.3. The molecule has 0 fully saturated rings. The summed E-state index contributed by atoms with van der Waals surface area (Å²) in [4.78, 5) is 38.4. The van der Waals surface area contributed by atoms with Crippen LogP contribution < -0.4 is 0 Å². The molecular formula is C75H126O6. The molecule has 0 amide bonds. The minimum atomic E-state index is -0.793. The third kappa shape index (κ3) is 66.5. The first-order valence-electron chi connectivity index (χ1n) is 34.0. The van der Waals surface area contributed by atoms with Gasteiger partial charge in [-0.1, -0.05) is 290 Å². The monoisotopic (exact) mass is 1120 g/mol. The third-order valence-corrected chi connectivity index (χ3v) is 14.4. The summed E-state index contributed by atoms with van der Waals surface area (Å²) in [6.45, 7) is 6.39. The second kappa shape index (κ2) is 68.3. The lowest BCUT2D eigenvalue weighted by molar-refractivity contribution is -0.167. The van der Waals surface area contributed by atoms with E-state index in [4.69, 9.17) is 14.2 Å². The molecule has 0 aliphatic carbocycles. The molecule has 1 unspecified atom stereocenters. The molecule has 81 heavy (non-hydrogen) atoms. The first-order chi connectivity index (χ1) is 40.0. The highest BCUT2D eigenvalue weighted by Gasteiger charge is 2.19. The summed E-state index contributed by atoms with van der Waals surface area (Å²) >= 11 is 0. The Morgan fingerprint density at radius 1 is 0.259 bits per heavy atom. The van der Waals surface area contributed by atoms with Gasteiger partial charge in [0.15, 0.2) is 6.10 Å². The van der Waals surface area contributed by atoms with Gasteiger partial charge in [0.2, 0.25) is 0 Å². The van der Waals surface area contributed by atoms with Gasteiger partial charge in [-0.05, 0) is 128 Å². The normalized spacial score (nSPS) is 12.9. The molecule has 6 heteroatoms. The molecule has 0 rings (SSSR count). The van der Waals surface area contributed by atoms with E-state index in [9.17, 15) is 14.4 Å². The van der Waals surface area contributed by atoms with E-state index in [1.54, 1.807) is 0 Å². The van der Waals surface area contributed by atoms with Crippen LogP contribution in [0.2, 0.25) is 0 Å². The molecule has 0 saturated heterocycles. The fraction of sp³-hybridized carbons (Fsp3) is 0.693. The maximum atomic E-state index is 12.9. The van der Waals surface area contributed by atoms with E-state index < -0.39 is 6.10 Å². The topological polar surface area (TPSA) is 78.9 Å². The average molecular weight is 1120 g/mol. The number of unbranched alkanes of at least 4 members (excludes halogenated alkanes) is 30. The average Bonchev–Trinajstić information content (AvgIpc) is 3.47. The molecule has 0 aliphatic heterocycles. The zero-order valence-electron chi connectivity index (χ0n) is 53.0. The Balaban J connectivity index is 4.27. The summed E-state index contributed by atoms with van der Waals surface area (Å²) in [5, 5.41) is 0. The molecule has 6 nitrogen and oxygen atoms in total. The lowest BCUT2D eigenvalue weighted by Crippen LogP contribution is -2.30. The largest absolute Gasteiger partial charge is 0.462 e. The maximum Gasteiger partial charge on any atom is 0.306 e. The van der Waals surface area contributed by atoms with Gasteiger partial charge in [0.05, 0.1) is 0 Å².